The van der Waals surface area contributed by atoms with Crippen molar-refractivity contribution in [2.45, 2.75) is 25.1 Å². The third-order valence-corrected chi connectivity index (χ3v) is 4.75. The molecule has 6 nitrogen and oxygen atoms in total. The van der Waals surface area contributed by atoms with Crippen LogP contribution in [0, 0.1) is 5.92 Å². The van der Waals surface area contributed by atoms with Gasteiger partial charge < -0.3 is 16.3 Å². The van der Waals surface area contributed by atoms with Crippen molar-refractivity contribution in [1.29, 1.82) is 0 Å². The molecular weight excluding hydrogens is 287 g/mol. The fourth-order valence-corrected chi connectivity index (χ4v) is 3.33. The Bertz CT molecular complexity index is 422. The molecule has 1 aliphatic heterocycles. The molecule has 0 aromatic carbocycles. The number of hydrogen-bond donors (Lipinski definition) is 3. The summed E-state index contributed by atoms with van der Waals surface area (Å²) in [6.45, 7) is -0.538. The number of alkyl halides is 3. The largest absolute Gasteiger partial charge is 0.409 e. The quantitative estimate of drug-likeness (QED) is 0.295. The maximum atomic E-state index is 12.6. The van der Waals surface area contributed by atoms with Gasteiger partial charge in [0.15, 0.2) is 5.84 Å². The summed E-state index contributed by atoms with van der Waals surface area (Å²) in [6.07, 6.45) is -4.09. The monoisotopic (exact) mass is 303 g/mol. The summed E-state index contributed by atoms with van der Waals surface area (Å²) >= 11 is 0. The molecule has 1 saturated heterocycles. The van der Waals surface area contributed by atoms with Gasteiger partial charge in [-0.3, -0.25) is 0 Å². The second kappa shape index (κ2) is 5.95. The van der Waals surface area contributed by atoms with E-state index in [9.17, 15) is 21.6 Å². The van der Waals surface area contributed by atoms with Crippen LogP contribution in [0.15, 0.2) is 5.16 Å². The molecule has 1 unspecified atom stereocenters. The van der Waals surface area contributed by atoms with Crippen molar-refractivity contribution in [3.63, 3.8) is 0 Å². The van der Waals surface area contributed by atoms with Crippen LogP contribution in [0.2, 0.25) is 0 Å². The molecule has 0 aromatic rings. The maximum Gasteiger partial charge on any atom is 0.400 e. The van der Waals surface area contributed by atoms with E-state index in [0.717, 1.165) is 0 Å². The third-order valence-electron chi connectivity index (χ3n) is 3.03. The molecule has 0 radical (unpaired) electrons. The molecule has 1 atom stereocenters. The summed E-state index contributed by atoms with van der Waals surface area (Å²) in [4.78, 5) is 0. The second-order valence-corrected chi connectivity index (χ2v) is 6.76. The van der Waals surface area contributed by atoms with Crippen molar-refractivity contribution < 1.29 is 26.8 Å². The van der Waals surface area contributed by atoms with Crippen LogP contribution >= 0.6 is 0 Å². The smallest absolute Gasteiger partial charge is 0.400 e. The van der Waals surface area contributed by atoms with Crippen LogP contribution in [-0.4, -0.2) is 49.7 Å². The van der Waals surface area contributed by atoms with Crippen LogP contribution in [0.1, 0.15) is 12.8 Å². The van der Waals surface area contributed by atoms with E-state index in [1.807, 2.05) is 0 Å². The maximum absolute atomic E-state index is 12.6. The zero-order valence-corrected chi connectivity index (χ0v) is 10.8. The van der Waals surface area contributed by atoms with E-state index in [-0.39, 0.29) is 30.4 Å². The Balaban J connectivity index is 2.54. The lowest BCUT2D eigenvalue weighted by atomic mass is 10.1. The summed E-state index contributed by atoms with van der Waals surface area (Å²) < 4.78 is 60.2. The predicted octanol–water partition coefficient (Wildman–Crippen LogP) is 0.0781. The summed E-state index contributed by atoms with van der Waals surface area (Å²) in [5.74, 6) is -3.07. The molecular formula is C9H16F3N3O3S. The highest BCUT2D eigenvalue weighted by molar-refractivity contribution is 7.91. The predicted molar refractivity (Wildman–Crippen MR) is 62.6 cm³/mol. The number of nitrogens with one attached hydrogen (secondary N) is 1. The molecule has 0 aromatic heterocycles. The Kier molecular flexibility index (Phi) is 5.02. The minimum absolute atomic E-state index is 0.0368. The first-order valence-corrected chi connectivity index (χ1v) is 7.46. The van der Waals surface area contributed by atoms with Gasteiger partial charge in [-0.2, -0.15) is 13.2 Å². The normalized spacial score (nSPS) is 23.2. The molecule has 4 N–H and O–H groups in total. The van der Waals surface area contributed by atoms with E-state index in [1.165, 1.54) is 0 Å². The molecule has 112 valence electrons. The van der Waals surface area contributed by atoms with Gasteiger partial charge in [0.1, 0.15) is 15.8 Å². The van der Waals surface area contributed by atoms with Crippen molar-refractivity contribution in [3.05, 3.63) is 0 Å². The zero-order valence-electron chi connectivity index (χ0n) is 10.0. The lowest BCUT2D eigenvalue weighted by Crippen LogP contribution is -2.47. The fourth-order valence-electron chi connectivity index (χ4n) is 1.84. The summed E-state index contributed by atoms with van der Waals surface area (Å²) in [5, 5.41) is 13.3. The Hall–Kier alpha value is -1.03. The Labute approximate surface area is 108 Å². The third kappa shape index (κ3) is 4.86. The van der Waals surface area contributed by atoms with Gasteiger partial charge in [0, 0.05) is 12.6 Å². The highest BCUT2D eigenvalue weighted by atomic mass is 32.2. The zero-order chi connectivity index (χ0) is 14.7. The van der Waals surface area contributed by atoms with Gasteiger partial charge in [0.25, 0.3) is 0 Å². The van der Waals surface area contributed by atoms with Gasteiger partial charge in [-0.15, -0.1) is 0 Å². The lowest BCUT2D eigenvalue weighted by molar-refractivity contribution is -0.155. The molecule has 0 saturated carbocycles. The standard InChI is InChI=1S/C9H16F3N3O3S/c10-9(11,12)7(8(13)15-16)5-14-6-1-3-19(17,18)4-2-6/h6-7,14,16H,1-5H2,(H2,13,15). The lowest BCUT2D eigenvalue weighted by Gasteiger charge is -2.26. The van der Waals surface area contributed by atoms with E-state index in [2.05, 4.69) is 10.5 Å². The summed E-state index contributed by atoms with van der Waals surface area (Å²) in [5.41, 5.74) is 5.01. The number of nitrogens with two attached hydrogens (primary N) is 1. The van der Waals surface area contributed by atoms with Crippen LogP contribution in [0.4, 0.5) is 13.2 Å². The highest BCUT2D eigenvalue weighted by Gasteiger charge is 2.43. The molecule has 1 heterocycles. The first-order valence-electron chi connectivity index (χ1n) is 5.63. The van der Waals surface area contributed by atoms with Crippen LogP contribution < -0.4 is 11.1 Å². The minimum atomic E-state index is -4.62. The average Bonchev–Trinajstić information content (AvgIpc) is 2.29. The second-order valence-electron chi connectivity index (χ2n) is 4.45. The number of amidine groups is 1. The SMILES string of the molecule is NC(=NO)C(CNC1CCS(=O)(=O)CC1)C(F)(F)F. The van der Waals surface area contributed by atoms with Gasteiger partial charge in [0.2, 0.25) is 0 Å². The van der Waals surface area contributed by atoms with Gasteiger partial charge in [-0.1, -0.05) is 5.16 Å². The number of rotatable bonds is 4. The summed E-state index contributed by atoms with van der Waals surface area (Å²) in [6, 6.07) is -0.306. The molecule has 0 aliphatic carbocycles. The van der Waals surface area contributed by atoms with Gasteiger partial charge in [-0.05, 0) is 12.8 Å². The highest BCUT2D eigenvalue weighted by Crippen LogP contribution is 2.26. The van der Waals surface area contributed by atoms with Crippen LogP contribution in [-0.2, 0) is 9.84 Å². The molecule has 0 amide bonds. The van der Waals surface area contributed by atoms with Gasteiger partial charge in [0.05, 0.1) is 11.5 Å². The van der Waals surface area contributed by atoms with E-state index in [1.54, 1.807) is 0 Å². The van der Waals surface area contributed by atoms with Gasteiger partial charge in [-0.25, -0.2) is 8.42 Å². The first-order chi connectivity index (χ1) is 8.65. The molecule has 0 spiro atoms. The van der Waals surface area contributed by atoms with E-state index >= 15 is 0 Å². The number of nitrogens with zero attached hydrogens (tertiary/aromatic N) is 1. The number of sulfone groups is 1. The number of halogens is 3. The van der Waals surface area contributed by atoms with Crippen molar-refractivity contribution in [1.82, 2.24) is 5.32 Å². The van der Waals surface area contributed by atoms with Crippen molar-refractivity contribution in [2.75, 3.05) is 18.1 Å². The Morgan fingerprint density at radius 2 is 1.95 bits per heavy atom. The molecule has 10 heteroatoms. The summed E-state index contributed by atoms with van der Waals surface area (Å²) in [7, 11) is -3.05. The molecule has 19 heavy (non-hydrogen) atoms. The Morgan fingerprint density at radius 1 is 1.42 bits per heavy atom. The molecule has 1 rings (SSSR count). The minimum Gasteiger partial charge on any atom is -0.409 e. The van der Waals surface area contributed by atoms with Crippen molar-refractivity contribution in [2.24, 2.45) is 16.8 Å². The Morgan fingerprint density at radius 3 is 2.37 bits per heavy atom. The first kappa shape index (κ1) is 16.0. The number of oxime groups is 1. The molecule has 0 bridgehead atoms. The average molecular weight is 303 g/mol. The van der Waals surface area contributed by atoms with Gasteiger partial charge >= 0.3 is 6.18 Å². The van der Waals surface area contributed by atoms with Crippen LogP contribution in [0.5, 0.6) is 0 Å². The van der Waals surface area contributed by atoms with E-state index in [0.29, 0.717) is 0 Å². The van der Waals surface area contributed by atoms with Crippen LogP contribution in [0.25, 0.3) is 0 Å². The molecule has 1 aliphatic rings. The van der Waals surface area contributed by atoms with Crippen molar-refractivity contribution >= 4 is 15.7 Å². The van der Waals surface area contributed by atoms with E-state index in [4.69, 9.17) is 10.9 Å². The molecule has 1 fully saturated rings. The van der Waals surface area contributed by atoms with Crippen LogP contribution in [0.3, 0.4) is 0 Å². The van der Waals surface area contributed by atoms with E-state index < -0.39 is 34.3 Å². The fraction of sp³-hybridized carbons (Fsp3) is 0.889. The number of hydrogen-bond acceptors (Lipinski definition) is 5. The van der Waals surface area contributed by atoms with Crippen molar-refractivity contribution in [3.8, 4) is 0 Å². The topological polar surface area (TPSA) is 105 Å².